The molecule has 0 aromatic rings. The van der Waals surface area contributed by atoms with E-state index in [1.165, 1.54) is 44.9 Å². The predicted molar refractivity (Wildman–Crippen MR) is 78.6 cm³/mol. The van der Waals surface area contributed by atoms with E-state index in [-0.39, 0.29) is 37.0 Å². The zero-order valence-corrected chi connectivity index (χ0v) is 15.5. The Morgan fingerprint density at radius 1 is 1.21 bits per heavy atom. The van der Waals surface area contributed by atoms with Gasteiger partial charge in [-0.2, -0.15) is 0 Å². The summed E-state index contributed by atoms with van der Waals surface area (Å²) in [5.41, 5.74) is -0.0892. The summed E-state index contributed by atoms with van der Waals surface area (Å²) in [5, 5.41) is 0. The molecule has 1 aliphatic heterocycles. The van der Waals surface area contributed by atoms with E-state index in [2.05, 4.69) is 26.1 Å². The summed E-state index contributed by atoms with van der Waals surface area (Å²) in [6.45, 7) is 0. The summed E-state index contributed by atoms with van der Waals surface area (Å²) in [6, 6.07) is 0. The van der Waals surface area contributed by atoms with E-state index in [4.69, 9.17) is 4.74 Å². The fraction of sp³-hybridized carbons (Fsp3) is 0.929. The number of ether oxygens (including phenoxy) is 1. The Morgan fingerprint density at radius 3 is 2.42 bits per heavy atom. The maximum atomic E-state index is 12.4. The molecule has 0 aromatic carbocycles. The van der Waals surface area contributed by atoms with Gasteiger partial charge in [-0.1, -0.05) is 0 Å². The van der Waals surface area contributed by atoms with Crippen LogP contribution < -0.4 is 25.0 Å². The first-order valence-corrected chi connectivity index (χ1v) is 11.0. The molecule has 0 aromatic heterocycles. The van der Waals surface area contributed by atoms with Crippen LogP contribution in [0.2, 0.25) is 0 Å². The van der Waals surface area contributed by atoms with E-state index in [1.807, 2.05) is 0 Å². The molecular formula is C14H22I2NO2-. The van der Waals surface area contributed by atoms with E-state index in [1.54, 1.807) is 0 Å². The molecule has 0 bridgehead atoms. The Bertz CT molecular complexity index is 334. The molecule has 110 valence electrons. The molecule has 3 aliphatic rings. The molecule has 5 heteroatoms. The van der Waals surface area contributed by atoms with Gasteiger partial charge in [-0.15, -0.1) is 0 Å². The minimum atomic E-state index is -0.0892. The molecule has 1 saturated heterocycles. The fourth-order valence-corrected chi connectivity index (χ4v) is 6.80. The van der Waals surface area contributed by atoms with E-state index < -0.39 is 0 Å². The van der Waals surface area contributed by atoms with Crippen LogP contribution in [0.1, 0.15) is 57.8 Å². The average molecular weight is 490 g/mol. The van der Waals surface area contributed by atoms with Gasteiger partial charge < -0.3 is 0 Å². The summed E-state index contributed by atoms with van der Waals surface area (Å²) in [7, 11) is 0. The number of halogens is 2. The predicted octanol–water partition coefficient (Wildman–Crippen LogP) is 0.160. The monoisotopic (exact) mass is 490 g/mol. The van der Waals surface area contributed by atoms with Gasteiger partial charge in [0.25, 0.3) is 0 Å². The summed E-state index contributed by atoms with van der Waals surface area (Å²) < 4.78 is 9.98. The second-order valence-electron chi connectivity index (χ2n) is 6.05. The summed E-state index contributed by atoms with van der Waals surface area (Å²) >= 11 is 2.36. The summed E-state index contributed by atoms with van der Waals surface area (Å²) in [4.78, 5) is 12.4. The Balaban J connectivity index is 1.67. The van der Waals surface area contributed by atoms with Crippen molar-refractivity contribution < 1.29 is 31.0 Å². The van der Waals surface area contributed by atoms with Crippen molar-refractivity contribution >= 4 is 28.6 Å². The number of carbonyl (C=O) groups is 1. The van der Waals surface area contributed by atoms with Gasteiger partial charge in [0.1, 0.15) is 0 Å². The third-order valence-corrected chi connectivity index (χ3v) is 9.49. The molecule has 0 spiro atoms. The Hall–Kier alpha value is 0.890. The van der Waals surface area contributed by atoms with Gasteiger partial charge in [-0.05, 0) is 0 Å². The second kappa shape index (κ2) is 6.34. The van der Waals surface area contributed by atoms with Crippen molar-refractivity contribution in [3.05, 3.63) is 0 Å². The van der Waals surface area contributed by atoms with Crippen LogP contribution in [0.5, 0.6) is 0 Å². The number of alkyl halides is 2. The molecule has 2 saturated carbocycles. The molecular weight excluding hydrogens is 468 g/mol. The molecule has 1 N–H and O–H groups in total. The Kier molecular flexibility index (Phi) is 4.94. The molecule has 2 unspecified atom stereocenters. The third kappa shape index (κ3) is 3.39. The Morgan fingerprint density at radius 2 is 1.84 bits per heavy atom. The van der Waals surface area contributed by atoms with Crippen molar-refractivity contribution in [2.75, 3.05) is 0 Å². The van der Waals surface area contributed by atoms with Gasteiger partial charge in [0.05, 0.1) is 0 Å². The first kappa shape index (κ1) is 14.8. The second-order valence-corrected chi connectivity index (χ2v) is 9.98. The van der Waals surface area contributed by atoms with Gasteiger partial charge in [0, 0.05) is 0 Å². The van der Waals surface area contributed by atoms with Crippen LogP contribution in [0.3, 0.4) is 0 Å². The van der Waals surface area contributed by atoms with E-state index >= 15 is 0 Å². The molecule has 3 fully saturated rings. The molecule has 2 atom stereocenters. The van der Waals surface area contributed by atoms with E-state index in [0.29, 0.717) is 9.97 Å². The quantitative estimate of drug-likeness (QED) is 0.153. The van der Waals surface area contributed by atoms with Crippen molar-refractivity contribution in [2.24, 2.45) is 5.92 Å². The molecule has 2 aliphatic carbocycles. The van der Waals surface area contributed by atoms with Gasteiger partial charge in [-0.3, -0.25) is 0 Å². The Labute approximate surface area is 139 Å². The molecule has 0 radical (unpaired) electrons. The van der Waals surface area contributed by atoms with E-state index in [9.17, 15) is 4.79 Å². The van der Waals surface area contributed by atoms with Crippen LogP contribution in [0, 0.1) is 5.92 Å². The van der Waals surface area contributed by atoms with Crippen molar-refractivity contribution in [3.8, 4) is 0 Å². The summed E-state index contributed by atoms with van der Waals surface area (Å²) in [5.74, 6) is 0.695. The maximum absolute atomic E-state index is 12.4. The number of nitrogens with one attached hydrogen (secondary N) is 1. The van der Waals surface area contributed by atoms with Crippen LogP contribution in [0.25, 0.3) is 0 Å². The van der Waals surface area contributed by atoms with Gasteiger partial charge in [0.15, 0.2) is 0 Å². The van der Waals surface area contributed by atoms with Crippen LogP contribution >= 0.6 is 22.6 Å². The minimum absolute atomic E-state index is 0.0477. The first-order chi connectivity index (χ1) is 9.21. The zero-order chi connectivity index (χ0) is 13.3. The third-order valence-electron chi connectivity index (χ3n) is 4.82. The van der Waals surface area contributed by atoms with Crippen LogP contribution in [0.15, 0.2) is 0 Å². The SMILES string of the molecule is O=C(OC1(C2CCCCC2)CCCC1)C(I)C1N[I-]1. The topological polar surface area (TPSA) is 48.2 Å². The number of rotatable bonds is 4. The molecule has 3 nitrogen and oxygen atoms in total. The van der Waals surface area contributed by atoms with Crippen molar-refractivity contribution in [3.63, 3.8) is 0 Å². The van der Waals surface area contributed by atoms with Crippen LogP contribution in [-0.2, 0) is 9.53 Å². The first-order valence-electron chi connectivity index (χ1n) is 7.46. The number of hydrogen-bond acceptors (Lipinski definition) is 3. The number of esters is 1. The zero-order valence-electron chi connectivity index (χ0n) is 11.2. The molecule has 1 heterocycles. The normalized spacial score (nSPS) is 32.4. The van der Waals surface area contributed by atoms with Gasteiger partial charge in [-0.25, -0.2) is 0 Å². The summed E-state index contributed by atoms with van der Waals surface area (Å²) in [6.07, 6.45) is 11.3. The average Bonchev–Trinajstić information content (AvgIpc) is 3.19. The van der Waals surface area contributed by atoms with Crippen molar-refractivity contribution in [1.82, 2.24) is 3.53 Å². The van der Waals surface area contributed by atoms with Crippen molar-refractivity contribution in [2.45, 2.75) is 71.4 Å². The molecule has 0 amide bonds. The van der Waals surface area contributed by atoms with Gasteiger partial charge >= 0.3 is 140 Å². The number of hydrogen-bond donors (Lipinski definition) is 1. The number of carbonyl (C=O) groups excluding carboxylic acids is 1. The molecule has 3 rings (SSSR count). The van der Waals surface area contributed by atoms with Crippen LogP contribution in [0.4, 0.5) is 0 Å². The van der Waals surface area contributed by atoms with Crippen LogP contribution in [-0.4, -0.2) is 19.5 Å². The van der Waals surface area contributed by atoms with Crippen molar-refractivity contribution in [1.29, 1.82) is 0 Å². The molecule has 19 heavy (non-hydrogen) atoms. The van der Waals surface area contributed by atoms with E-state index in [0.717, 1.165) is 12.8 Å². The standard InChI is InChI=1S/C14H22I2NO2/c15-11(12-16-17-12)13(18)19-14(8-4-5-9-14)10-6-2-1-3-7-10/h10-12,17H,1-9H2/q-1. The fourth-order valence-electron chi connectivity index (χ4n) is 3.72. The van der Waals surface area contributed by atoms with Gasteiger partial charge in [0.2, 0.25) is 0 Å².